The molecule has 0 radical (unpaired) electrons. The molecule has 0 saturated carbocycles. The van der Waals surface area contributed by atoms with Crippen molar-refractivity contribution in [3.63, 3.8) is 0 Å². The molecule has 1 atom stereocenters. The van der Waals surface area contributed by atoms with Crippen molar-refractivity contribution in [2.45, 2.75) is 31.7 Å². The van der Waals surface area contributed by atoms with Gasteiger partial charge in [0.05, 0.1) is 18.0 Å². The van der Waals surface area contributed by atoms with Crippen LogP contribution in [0.25, 0.3) is 0 Å². The van der Waals surface area contributed by atoms with Crippen LogP contribution in [-0.4, -0.2) is 27.1 Å². The van der Waals surface area contributed by atoms with E-state index < -0.39 is 10.0 Å². The van der Waals surface area contributed by atoms with E-state index in [0.29, 0.717) is 43.5 Å². The van der Waals surface area contributed by atoms with E-state index >= 15 is 0 Å². The van der Waals surface area contributed by atoms with Crippen molar-refractivity contribution < 1.29 is 17.6 Å². The van der Waals surface area contributed by atoms with Crippen LogP contribution in [0.5, 0.6) is 0 Å². The number of amides is 1. The van der Waals surface area contributed by atoms with Gasteiger partial charge in [0.1, 0.15) is 5.82 Å². The Morgan fingerprint density at radius 3 is 2.63 bits per heavy atom. The van der Waals surface area contributed by atoms with Gasteiger partial charge in [-0.3, -0.25) is 9.10 Å². The molecule has 1 aliphatic rings. The second-order valence-corrected chi connectivity index (χ2v) is 8.65. The average Bonchev–Trinajstić information content (AvgIpc) is 2.62. The summed E-state index contributed by atoms with van der Waals surface area (Å²) in [5.74, 6) is -0.362. The Kier molecular flexibility index (Phi) is 5.79. The number of hydrogen-bond donors (Lipinski definition) is 1. The normalized spacial score (nSPS) is 16.7. The van der Waals surface area contributed by atoms with E-state index in [9.17, 15) is 17.6 Å². The third-order valence-corrected chi connectivity index (χ3v) is 5.93. The van der Waals surface area contributed by atoms with Gasteiger partial charge in [-0.2, -0.15) is 0 Å². The lowest BCUT2D eigenvalue weighted by atomic mass is 9.97. The van der Waals surface area contributed by atoms with Crippen molar-refractivity contribution in [3.8, 4) is 0 Å². The number of sulfonamides is 1. The number of fused-ring (bicyclic) bond motifs is 1. The van der Waals surface area contributed by atoms with Crippen LogP contribution in [-0.2, 0) is 21.2 Å². The number of halogens is 1. The Morgan fingerprint density at radius 2 is 1.89 bits per heavy atom. The molecule has 1 heterocycles. The van der Waals surface area contributed by atoms with Crippen molar-refractivity contribution in [1.82, 2.24) is 5.32 Å². The van der Waals surface area contributed by atoms with Crippen LogP contribution in [0.15, 0.2) is 48.5 Å². The number of anilines is 1. The van der Waals surface area contributed by atoms with Crippen molar-refractivity contribution in [2.24, 2.45) is 0 Å². The number of rotatable bonds is 6. The molecule has 1 N–H and O–H groups in total. The number of para-hydroxylation sites is 1. The quantitative estimate of drug-likeness (QED) is 0.824. The van der Waals surface area contributed by atoms with Crippen molar-refractivity contribution in [3.05, 3.63) is 65.5 Å². The largest absolute Gasteiger partial charge is 0.349 e. The Labute approximate surface area is 159 Å². The van der Waals surface area contributed by atoms with Crippen LogP contribution in [0.2, 0.25) is 0 Å². The Morgan fingerprint density at radius 1 is 1.19 bits per heavy atom. The number of benzene rings is 2. The highest BCUT2D eigenvalue weighted by Crippen LogP contribution is 2.35. The summed E-state index contributed by atoms with van der Waals surface area (Å²) in [5, 5.41) is 2.99. The van der Waals surface area contributed by atoms with Gasteiger partial charge >= 0.3 is 0 Å². The molecule has 144 valence electrons. The molecule has 27 heavy (non-hydrogen) atoms. The van der Waals surface area contributed by atoms with Gasteiger partial charge in [-0.15, -0.1) is 0 Å². The lowest BCUT2D eigenvalue weighted by Crippen LogP contribution is -2.40. The van der Waals surface area contributed by atoms with E-state index in [4.69, 9.17) is 0 Å². The predicted molar refractivity (Wildman–Crippen MR) is 103 cm³/mol. The predicted octanol–water partition coefficient (Wildman–Crippen LogP) is 3.18. The Hall–Kier alpha value is -2.41. The van der Waals surface area contributed by atoms with Crippen LogP contribution in [0.3, 0.4) is 0 Å². The average molecular weight is 390 g/mol. The third-order valence-electron chi connectivity index (χ3n) is 4.75. The number of aryl methyl sites for hydroxylation is 1. The smallest absolute Gasteiger partial charge is 0.232 e. The molecule has 0 aliphatic carbocycles. The summed E-state index contributed by atoms with van der Waals surface area (Å²) < 4.78 is 39.0. The summed E-state index contributed by atoms with van der Waals surface area (Å²) in [6.45, 7) is 0.329. The molecule has 1 amide bonds. The van der Waals surface area contributed by atoms with Gasteiger partial charge in [-0.1, -0.05) is 36.4 Å². The van der Waals surface area contributed by atoms with E-state index in [1.165, 1.54) is 16.6 Å². The highest BCUT2D eigenvalue weighted by atomic mass is 32.2. The van der Waals surface area contributed by atoms with E-state index in [2.05, 4.69) is 5.32 Å². The van der Waals surface area contributed by atoms with Crippen LogP contribution < -0.4 is 9.62 Å². The summed E-state index contributed by atoms with van der Waals surface area (Å²) >= 11 is 0. The molecule has 1 aliphatic heterocycles. The van der Waals surface area contributed by atoms with E-state index in [0.717, 1.165) is 5.56 Å². The Balaban J connectivity index is 1.62. The van der Waals surface area contributed by atoms with Gasteiger partial charge in [-0.25, -0.2) is 12.8 Å². The van der Waals surface area contributed by atoms with Gasteiger partial charge in [0.15, 0.2) is 0 Å². The van der Waals surface area contributed by atoms with Crippen molar-refractivity contribution in [2.75, 3.05) is 17.1 Å². The lowest BCUT2D eigenvalue weighted by molar-refractivity contribution is -0.122. The fourth-order valence-electron chi connectivity index (χ4n) is 3.43. The summed E-state index contributed by atoms with van der Waals surface area (Å²) in [5.41, 5.74) is 2.02. The van der Waals surface area contributed by atoms with E-state index in [-0.39, 0.29) is 17.8 Å². The lowest BCUT2D eigenvalue weighted by Gasteiger charge is -2.34. The van der Waals surface area contributed by atoms with Crippen LogP contribution in [0.4, 0.5) is 10.1 Å². The maximum Gasteiger partial charge on any atom is 0.232 e. The van der Waals surface area contributed by atoms with Gasteiger partial charge in [-0.05, 0) is 42.5 Å². The summed E-state index contributed by atoms with van der Waals surface area (Å²) in [7, 11) is -3.35. The van der Waals surface area contributed by atoms with Gasteiger partial charge in [0.25, 0.3) is 0 Å². The second-order valence-electron chi connectivity index (χ2n) is 6.75. The molecule has 1 unspecified atom stereocenters. The van der Waals surface area contributed by atoms with E-state index in [1.807, 2.05) is 12.1 Å². The molecule has 2 aromatic carbocycles. The SMILES string of the molecule is CS(=O)(=O)N1CCC(NC(=O)CCCc2ccccc2F)c2ccccc21. The minimum atomic E-state index is -3.35. The molecule has 7 heteroatoms. The number of carbonyl (C=O) groups is 1. The highest BCUT2D eigenvalue weighted by molar-refractivity contribution is 7.92. The molecule has 3 rings (SSSR count). The second kappa shape index (κ2) is 8.08. The van der Waals surface area contributed by atoms with Gasteiger partial charge < -0.3 is 5.32 Å². The third kappa shape index (κ3) is 4.66. The number of nitrogens with zero attached hydrogens (tertiary/aromatic N) is 1. The maximum atomic E-state index is 13.6. The zero-order valence-corrected chi connectivity index (χ0v) is 16.0. The zero-order valence-electron chi connectivity index (χ0n) is 15.2. The van der Waals surface area contributed by atoms with Crippen LogP contribution in [0, 0.1) is 5.82 Å². The summed E-state index contributed by atoms with van der Waals surface area (Å²) in [6, 6.07) is 13.6. The van der Waals surface area contributed by atoms with Gasteiger partial charge in [0.2, 0.25) is 15.9 Å². The molecule has 0 fully saturated rings. The fraction of sp³-hybridized carbons (Fsp3) is 0.350. The molecule has 0 saturated heterocycles. The minimum Gasteiger partial charge on any atom is -0.349 e. The maximum absolute atomic E-state index is 13.6. The van der Waals surface area contributed by atoms with Crippen molar-refractivity contribution in [1.29, 1.82) is 0 Å². The van der Waals surface area contributed by atoms with E-state index in [1.54, 1.807) is 30.3 Å². The first-order valence-corrected chi connectivity index (χ1v) is 10.8. The highest BCUT2D eigenvalue weighted by Gasteiger charge is 2.30. The topological polar surface area (TPSA) is 66.5 Å². The molecule has 0 aromatic heterocycles. The number of nitrogens with one attached hydrogen (secondary N) is 1. The molecular weight excluding hydrogens is 367 g/mol. The van der Waals surface area contributed by atoms with Crippen LogP contribution in [0.1, 0.15) is 36.4 Å². The first kappa shape index (κ1) is 19.4. The van der Waals surface area contributed by atoms with Crippen molar-refractivity contribution >= 4 is 21.6 Å². The molecular formula is C20H23FN2O3S. The molecule has 5 nitrogen and oxygen atoms in total. The summed E-state index contributed by atoms with van der Waals surface area (Å²) in [6.07, 6.45) is 3.05. The molecule has 0 spiro atoms. The standard InChI is InChI=1S/C20H23FN2O3S/c1-27(25,26)23-14-13-18(16-9-3-5-11-19(16)23)22-20(24)12-6-8-15-7-2-4-10-17(15)21/h2-5,7,9-11,18H,6,8,12-14H2,1H3,(H,22,24). The zero-order chi connectivity index (χ0) is 19.4. The monoisotopic (exact) mass is 390 g/mol. The van der Waals surface area contributed by atoms with Crippen LogP contribution >= 0.6 is 0 Å². The number of hydrogen-bond acceptors (Lipinski definition) is 3. The number of carbonyl (C=O) groups excluding carboxylic acids is 1. The van der Waals surface area contributed by atoms with Gasteiger partial charge in [0, 0.05) is 13.0 Å². The molecule has 2 aromatic rings. The first-order valence-electron chi connectivity index (χ1n) is 8.95. The Bertz CT molecular complexity index is 930. The minimum absolute atomic E-state index is 0.112. The fourth-order valence-corrected chi connectivity index (χ4v) is 4.39. The summed E-state index contributed by atoms with van der Waals surface area (Å²) in [4.78, 5) is 12.3. The molecule has 0 bridgehead atoms. The first-order chi connectivity index (χ1) is 12.9.